The van der Waals surface area contributed by atoms with Crippen LogP contribution in [0.15, 0.2) is 0 Å². The van der Waals surface area contributed by atoms with Gasteiger partial charge in [-0.05, 0) is 19.8 Å². The Hall–Kier alpha value is -1.13. The van der Waals surface area contributed by atoms with Crippen molar-refractivity contribution in [1.82, 2.24) is 5.32 Å². The minimum atomic E-state index is -1.25. The molecule has 1 amide bonds. The number of halogens is 1. The molecule has 0 aromatic rings. The lowest BCUT2D eigenvalue weighted by Crippen LogP contribution is -2.37. The second kappa shape index (κ2) is 7.52. The van der Waals surface area contributed by atoms with Crippen LogP contribution in [0.1, 0.15) is 19.8 Å². The first-order valence-electron chi connectivity index (χ1n) is 4.19. The average Bonchev–Trinajstić information content (AvgIpc) is 2.13. The van der Waals surface area contributed by atoms with E-state index < -0.39 is 12.1 Å². The molecule has 5 heteroatoms. The minimum absolute atomic E-state index is 0.395. The van der Waals surface area contributed by atoms with E-state index in [1.165, 1.54) is 0 Å². The standard InChI is InChI=1S/C5H8FNO.C3H6O2/c6-4-2-1-3-7-5(4)8;1-2-5-3-4/h4H,1-3H2,(H,7,8);3H,2H2,1H3. The molecule has 0 bridgehead atoms. The molecule has 13 heavy (non-hydrogen) atoms. The zero-order chi connectivity index (χ0) is 10.1. The van der Waals surface area contributed by atoms with Gasteiger partial charge in [0.25, 0.3) is 12.4 Å². The molecule has 0 saturated carbocycles. The smallest absolute Gasteiger partial charge is 0.293 e. The Morgan fingerprint density at radius 2 is 2.46 bits per heavy atom. The number of nitrogens with one attached hydrogen (secondary N) is 1. The Balaban J connectivity index is 0.000000252. The maximum Gasteiger partial charge on any atom is 0.293 e. The van der Waals surface area contributed by atoms with Crippen LogP contribution in [0.3, 0.4) is 0 Å². The molecule has 1 aliphatic heterocycles. The number of alkyl halides is 1. The predicted molar refractivity (Wildman–Crippen MR) is 44.8 cm³/mol. The fourth-order valence-corrected chi connectivity index (χ4v) is 0.803. The molecule has 1 aliphatic rings. The van der Waals surface area contributed by atoms with Crippen molar-refractivity contribution in [1.29, 1.82) is 0 Å². The van der Waals surface area contributed by atoms with Crippen LogP contribution >= 0.6 is 0 Å². The molecule has 4 nitrogen and oxygen atoms in total. The molecule has 1 saturated heterocycles. The van der Waals surface area contributed by atoms with Crippen LogP contribution < -0.4 is 5.32 Å². The van der Waals surface area contributed by atoms with E-state index in [4.69, 9.17) is 0 Å². The van der Waals surface area contributed by atoms with Gasteiger partial charge in [0.15, 0.2) is 6.17 Å². The lowest BCUT2D eigenvalue weighted by atomic mass is 10.1. The van der Waals surface area contributed by atoms with Crippen molar-refractivity contribution < 1.29 is 18.7 Å². The number of rotatable bonds is 2. The minimum Gasteiger partial charge on any atom is -0.468 e. The van der Waals surface area contributed by atoms with Crippen molar-refractivity contribution in [3.8, 4) is 0 Å². The fourth-order valence-electron chi connectivity index (χ4n) is 0.803. The first kappa shape index (κ1) is 11.9. The Kier molecular flexibility index (Phi) is 6.86. The summed E-state index contributed by atoms with van der Waals surface area (Å²) in [5.74, 6) is -0.448. The van der Waals surface area contributed by atoms with E-state index in [2.05, 4.69) is 10.1 Å². The second-order valence-electron chi connectivity index (χ2n) is 2.45. The summed E-state index contributed by atoms with van der Waals surface area (Å²) in [5.41, 5.74) is 0. The monoisotopic (exact) mass is 191 g/mol. The summed E-state index contributed by atoms with van der Waals surface area (Å²) in [7, 11) is 0. The Labute approximate surface area is 76.4 Å². The van der Waals surface area contributed by atoms with E-state index in [1.54, 1.807) is 6.92 Å². The van der Waals surface area contributed by atoms with Gasteiger partial charge in [0.1, 0.15) is 0 Å². The summed E-state index contributed by atoms with van der Waals surface area (Å²) in [6.45, 7) is 3.30. The van der Waals surface area contributed by atoms with Gasteiger partial charge in [-0.2, -0.15) is 0 Å². The third kappa shape index (κ3) is 6.07. The van der Waals surface area contributed by atoms with Gasteiger partial charge < -0.3 is 10.1 Å². The molecule has 1 fully saturated rings. The molecule has 76 valence electrons. The summed E-state index contributed by atoms with van der Waals surface area (Å²) >= 11 is 0. The van der Waals surface area contributed by atoms with Crippen LogP contribution in [-0.4, -0.2) is 31.7 Å². The summed E-state index contributed by atoms with van der Waals surface area (Å²) < 4.78 is 16.3. The van der Waals surface area contributed by atoms with Crippen LogP contribution in [0.5, 0.6) is 0 Å². The molecule has 1 rings (SSSR count). The van der Waals surface area contributed by atoms with Crippen LogP contribution in [0.25, 0.3) is 0 Å². The largest absolute Gasteiger partial charge is 0.468 e. The van der Waals surface area contributed by atoms with Gasteiger partial charge in [0, 0.05) is 6.54 Å². The van der Waals surface area contributed by atoms with E-state index in [9.17, 15) is 14.0 Å². The van der Waals surface area contributed by atoms with Crippen molar-refractivity contribution in [2.75, 3.05) is 13.2 Å². The molecule has 0 spiro atoms. The third-order valence-electron chi connectivity index (χ3n) is 1.45. The highest BCUT2D eigenvalue weighted by molar-refractivity contribution is 5.81. The summed E-state index contributed by atoms with van der Waals surface area (Å²) in [6, 6.07) is 0. The molecule has 0 aromatic carbocycles. The summed E-state index contributed by atoms with van der Waals surface area (Å²) in [4.78, 5) is 19.5. The Morgan fingerprint density at radius 1 is 1.77 bits per heavy atom. The van der Waals surface area contributed by atoms with Crippen LogP contribution in [0, 0.1) is 0 Å². The van der Waals surface area contributed by atoms with Gasteiger partial charge in [-0.25, -0.2) is 4.39 Å². The first-order chi connectivity index (χ1) is 6.22. The maximum absolute atomic E-state index is 12.2. The van der Waals surface area contributed by atoms with E-state index in [0.29, 0.717) is 26.0 Å². The molecular formula is C8H14FNO3. The van der Waals surface area contributed by atoms with Crippen LogP contribution in [-0.2, 0) is 14.3 Å². The average molecular weight is 191 g/mol. The van der Waals surface area contributed by atoms with E-state index in [1.807, 2.05) is 0 Å². The normalized spacial score (nSPS) is 20.8. The SMILES string of the molecule is CCOC=O.O=C1NCCCC1F. The summed E-state index contributed by atoms with van der Waals surface area (Å²) in [6.07, 6.45) is -0.0811. The molecule has 1 unspecified atom stereocenters. The molecule has 1 N–H and O–H groups in total. The molecule has 1 heterocycles. The van der Waals surface area contributed by atoms with Gasteiger partial charge in [0.05, 0.1) is 6.61 Å². The highest BCUT2D eigenvalue weighted by Gasteiger charge is 2.19. The Morgan fingerprint density at radius 3 is 2.69 bits per heavy atom. The van der Waals surface area contributed by atoms with Crippen molar-refractivity contribution in [2.45, 2.75) is 25.9 Å². The van der Waals surface area contributed by atoms with Crippen molar-refractivity contribution in [3.05, 3.63) is 0 Å². The zero-order valence-electron chi connectivity index (χ0n) is 7.59. The number of carbonyl (C=O) groups excluding carboxylic acids is 2. The van der Waals surface area contributed by atoms with E-state index in [0.717, 1.165) is 6.42 Å². The molecule has 0 aromatic heterocycles. The fraction of sp³-hybridized carbons (Fsp3) is 0.750. The number of hydrogen-bond acceptors (Lipinski definition) is 3. The van der Waals surface area contributed by atoms with Crippen LogP contribution in [0.2, 0.25) is 0 Å². The van der Waals surface area contributed by atoms with Gasteiger partial charge in [-0.1, -0.05) is 0 Å². The number of amides is 1. The van der Waals surface area contributed by atoms with Crippen molar-refractivity contribution in [2.24, 2.45) is 0 Å². The van der Waals surface area contributed by atoms with Crippen LogP contribution in [0.4, 0.5) is 4.39 Å². The quantitative estimate of drug-likeness (QED) is 0.643. The van der Waals surface area contributed by atoms with E-state index >= 15 is 0 Å². The molecule has 0 aliphatic carbocycles. The number of hydrogen-bond donors (Lipinski definition) is 1. The van der Waals surface area contributed by atoms with Crippen molar-refractivity contribution in [3.63, 3.8) is 0 Å². The molecular weight excluding hydrogens is 177 g/mol. The topological polar surface area (TPSA) is 55.4 Å². The van der Waals surface area contributed by atoms with Crippen molar-refractivity contribution >= 4 is 12.4 Å². The first-order valence-corrected chi connectivity index (χ1v) is 4.19. The second-order valence-corrected chi connectivity index (χ2v) is 2.45. The Bertz CT molecular complexity index is 163. The lowest BCUT2D eigenvalue weighted by molar-refractivity contribution is -0.128. The predicted octanol–water partition coefficient (Wildman–Crippen LogP) is 0.414. The highest BCUT2D eigenvalue weighted by Crippen LogP contribution is 2.05. The number of ether oxygens (including phenoxy) is 1. The number of carbonyl (C=O) groups is 2. The number of piperidine rings is 1. The molecule has 1 atom stereocenters. The highest BCUT2D eigenvalue weighted by atomic mass is 19.1. The summed E-state index contributed by atoms with van der Waals surface area (Å²) in [5, 5.41) is 2.42. The van der Waals surface area contributed by atoms with Gasteiger partial charge >= 0.3 is 0 Å². The zero-order valence-corrected chi connectivity index (χ0v) is 7.59. The maximum atomic E-state index is 12.2. The van der Waals surface area contributed by atoms with E-state index in [-0.39, 0.29) is 0 Å². The van der Waals surface area contributed by atoms with Gasteiger partial charge in [-0.15, -0.1) is 0 Å². The third-order valence-corrected chi connectivity index (χ3v) is 1.45. The van der Waals surface area contributed by atoms with Gasteiger partial charge in [0.2, 0.25) is 0 Å². The van der Waals surface area contributed by atoms with Gasteiger partial charge in [-0.3, -0.25) is 9.59 Å². The lowest BCUT2D eigenvalue weighted by Gasteiger charge is -2.13. The molecule has 0 radical (unpaired) electrons.